The van der Waals surface area contributed by atoms with Gasteiger partial charge in [-0.15, -0.1) is 0 Å². The van der Waals surface area contributed by atoms with Crippen molar-refractivity contribution in [3.63, 3.8) is 0 Å². The second kappa shape index (κ2) is 7.92. The second-order valence-electron chi connectivity index (χ2n) is 6.60. The summed E-state index contributed by atoms with van der Waals surface area (Å²) < 4.78 is 5.68. The largest absolute Gasteiger partial charge is 0.451 e. The average Bonchev–Trinajstić information content (AvgIpc) is 2.74. The molecule has 0 saturated carbocycles. The van der Waals surface area contributed by atoms with Gasteiger partial charge < -0.3 is 9.73 Å². The molecule has 0 saturated heterocycles. The minimum atomic E-state index is -0.410. The summed E-state index contributed by atoms with van der Waals surface area (Å²) in [5.74, 6) is -0.398. The zero-order valence-corrected chi connectivity index (χ0v) is 15.2. The van der Waals surface area contributed by atoms with E-state index in [2.05, 4.69) is 5.32 Å². The standard InChI is InChI=1S/C24H19NO3/c26-21-16-23(28-22-14-8-7-13-19(21)22)24(27)25-20(18-11-5-2-6-12-18)15-17-9-3-1-4-10-17/h1-14,16,20H,15H2,(H,25,27). The summed E-state index contributed by atoms with van der Waals surface area (Å²) in [6.45, 7) is 0. The first-order chi connectivity index (χ1) is 13.7. The molecule has 0 aliphatic rings. The van der Waals surface area contributed by atoms with Gasteiger partial charge in [0.25, 0.3) is 5.91 Å². The lowest BCUT2D eigenvalue weighted by molar-refractivity contribution is 0.0909. The van der Waals surface area contributed by atoms with Crippen LogP contribution in [0, 0.1) is 0 Å². The maximum absolute atomic E-state index is 12.9. The lowest BCUT2D eigenvalue weighted by Crippen LogP contribution is -2.30. The molecule has 1 N–H and O–H groups in total. The summed E-state index contributed by atoms with van der Waals surface area (Å²) in [6, 6.07) is 27.7. The van der Waals surface area contributed by atoms with Gasteiger partial charge in [0.1, 0.15) is 5.58 Å². The minimum absolute atomic E-state index is 0.0118. The molecule has 4 nitrogen and oxygen atoms in total. The quantitative estimate of drug-likeness (QED) is 0.563. The van der Waals surface area contributed by atoms with Crippen LogP contribution >= 0.6 is 0 Å². The molecular formula is C24H19NO3. The van der Waals surface area contributed by atoms with Crippen molar-refractivity contribution in [2.45, 2.75) is 12.5 Å². The minimum Gasteiger partial charge on any atom is -0.451 e. The SMILES string of the molecule is O=C(NC(Cc1ccccc1)c1ccccc1)c1cc(=O)c2ccccc2o1. The Morgan fingerprint density at radius 3 is 2.25 bits per heavy atom. The molecule has 28 heavy (non-hydrogen) atoms. The number of hydrogen-bond donors (Lipinski definition) is 1. The van der Waals surface area contributed by atoms with E-state index in [0.29, 0.717) is 17.4 Å². The van der Waals surface area contributed by atoms with Crippen LogP contribution in [0.1, 0.15) is 27.7 Å². The highest BCUT2D eigenvalue weighted by Crippen LogP contribution is 2.20. The summed E-state index contributed by atoms with van der Waals surface area (Å²) in [5, 5.41) is 3.48. The molecule has 0 fully saturated rings. The first kappa shape index (κ1) is 17.7. The number of amides is 1. The second-order valence-corrected chi connectivity index (χ2v) is 6.60. The molecule has 0 spiro atoms. The Hall–Kier alpha value is -3.66. The fraction of sp³-hybridized carbons (Fsp3) is 0.0833. The molecular weight excluding hydrogens is 350 g/mol. The number of fused-ring (bicyclic) bond motifs is 1. The molecule has 0 radical (unpaired) electrons. The predicted octanol–water partition coefficient (Wildman–Crippen LogP) is 4.51. The van der Waals surface area contributed by atoms with Crippen molar-refractivity contribution in [2.75, 3.05) is 0 Å². The van der Waals surface area contributed by atoms with E-state index in [1.807, 2.05) is 60.7 Å². The summed E-state index contributed by atoms with van der Waals surface area (Å²) in [4.78, 5) is 25.2. The Morgan fingerprint density at radius 2 is 1.50 bits per heavy atom. The van der Waals surface area contributed by atoms with Crippen LogP contribution in [0.25, 0.3) is 11.0 Å². The first-order valence-corrected chi connectivity index (χ1v) is 9.13. The first-order valence-electron chi connectivity index (χ1n) is 9.13. The number of nitrogens with one attached hydrogen (secondary N) is 1. The molecule has 1 amide bonds. The molecule has 4 heteroatoms. The van der Waals surface area contributed by atoms with Crippen molar-refractivity contribution in [1.29, 1.82) is 0 Å². The Morgan fingerprint density at radius 1 is 0.857 bits per heavy atom. The average molecular weight is 369 g/mol. The van der Waals surface area contributed by atoms with Gasteiger partial charge in [-0.3, -0.25) is 9.59 Å². The van der Waals surface area contributed by atoms with Gasteiger partial charge in [-0.2, -0.15) is 0 Å². The van der Waals surface area contributed by atoms with E-state index in [1.165, 1.54) is 6.07 Å². The van der Waals surface area contributed by atoms with E-state index in [1.54, 1.807) is 24.3 Å². The number of hydrogen-bond acceptors (Lipinski definition) is 3. The van der Waals surface area contributed by atoms with Crippen LogP contribution in [-0.2, 0) is 6.42 Å². The van der Waals surface area contributed by atoms with Gasteiger partial charge in [0.15, 0.2) is 11.2 Å². The predicted molar refractivity (Wildman–Crippen MR) is 109 cm³/mol. The molecule has 1 aromatic heterocycles. The van der Waals surface area contributed by atoms with E-state index in [0.717, 1.165) is 11.1 Å². The summed E-state index contributed by atoms with van der Waals surface area (Å²) in [6.07, 6.45) is 0.633. The summed E-state index contributed by atoms with van der Waals surface area (Å²) in [5.41, 5.74) is 2.27. The number of rotatable bonds is 5. The van der Waals surface area contributed by atoms with Gasteiger partial charge in [-0.1, -0.05) is 72.8 Å². The number of para-hydroxylation sites is 1. The normalized spacial score (nSPS) is 11.9. The van der Waals surface area contributed by atoms with Crippen LogP contribution in [0.3, 0.4) is 0 Å². The number of carbonyl (C=O) groups excluding carboxylic acids is 1. The van der Waals surface area contributed by atoms with E-state index < -0.39 is 5.91 Å². The van der Waals surface area contributed by atoms with E-state index in [-0.39, 0.29) is 17.2 Å². The lowest BCUT2D eigenvalue weighted by Gasteiger charge is -2.19. The van der Waals surface area contributed by atoms with Crippen molar-refractivity contribution in [3.8, 4) is 0 Å². The highest BCUT2D eigenvalue weighted by Gasteiger charge is 2.19. The molecule has 138 valence electrons. The zero-order valence-electron chi connectivity index (χ0n) is 15.2. The van der Waals surface area contributed by atoms with Gasteiger partial charge in [-0.05, 0) is 29.7 Å². The Bertz CT molecular complexity index is 1150. The van der Waals surface area contributed by atoms with Crippen LogP contribution in [0.4, 0.5) is 0 Å². The van der Waals surface area contributed by atoms with Crippen LogP contribution in [0.5, 0.6) is 0 Å². The highest BCUT2D eigenvalue weighted by atomic mass is 16.3. The van der Waals surface area contributed by atoms with Crippen molar-refractivity contribution in [3.05, 3.63) is 118 Å². The molecule has 4 aromatic rings. The van der Waals surface area contributed by atoms with Crippen LogP contribution in [0.2, 0.25) is 0 Å². The van der Waals surface area contributed by atoms with Crippen molar-refractivity contribution < 1.29 is 9.21 Å². The maximum Gasteiger partial charge on any atom is 0.287 e. The van der Waals surface area contributed by atoms with Crippen LogP contribution < -0.4 is 10.7 Å². The van der Waals surface area contributed by atoms with Crippen molar-refractivity contribution in [2.24, 2.45) is 0 Å². The smallest absolute Gasteiger partial charge is 0.287 e. The van der Waals surface area contributed by atoms with Gasteiger partial charge in [0, 0.05) is 6.07 Å². The number of benzene rings is 3. The molecule has 4 rings (SSSR count). The molecule has 0 bridgehead atoms. The van der Waals surface area contributed by atoms with Crippen molar-refractivity contribution >= 4 is 16.9 Å². The zero-order chi connectivity index (χ0) is 19.3. The third-order valence-corrected chi connectivity index (χ3v) is 4.65. The van der Waals surface area contributed by atoms with Crippen LogP contribution in [-0.4, -0.2) is 5.91 Å². The molecule has 1 unspecified atom stereocenters. The summed E-state index contributed by atoms with van der Waals surface area (Å²) >= 11 is 0. The van der Waals surface area contributed by atoms with E-state index >= 15 is 0 Å². The van der Waals surface area contributed by atoms with E-state index in [9.17, 15) is 9.59 Å². The van der Waals surface area contributed by atoms with Crippen molar-refractivity contribution in [1.82, 2.24) is 5.32 Å². The van der Waals surface area contributed by atoms with Crippen LogP contribution in [0.15, 0.2) is 100 Å². The fourth-order valence-corrected chi connectivity index (χ4v) is 3.23. The third-order valence-electron chi connectivity index (χ3n) is 4.65. The maximum atomic E-state index is 12.9. The molecule has 1 heterocycles. The molecule has 0 aliphatic heterocycles. The fourth-order valence-electron chi connectivity index (χ4n) is 3.23. The van der Waals surface area contributed by atoms with Gasteiger partial charge in [0.2, 0.25) is 0 Å². The molecule has 0 aliphatic carbocycles. The van der Waals surface area contributed by atoms with Gasteiger partial charge >= 0.3 is 0 Å². The summed E-state index contributed by atoms with van der Waals surface area (Å²) in [7, 11) is 0. The Kier molecular flexibility index (Phi) is 5.02. The van der Waals surface area contributed by atoms with E-state index in [4.69, 9.17) is 4.42 Å². The lowest BCUT2D eigenvalue weighted by atomic mass is 9.98. The highest BCUT2D eigenvalue weighted by molar-refractivity contribution is 5.93. The molecule has 1 atom stereocenters. The van der Waals surface area contributed by atoms with Gasteiger partial charge in [-0.25, -0.2) is 0 Å². The Labute approximate surface area is 162 Å². The third kappa shape index (κ3) is 3.86. The molecule has 3 aromatic carbocycles. The monoisotopic (exact) mass is 369 g/mol. The topological polar surface area (TPSA) is 59.3 Å². The Balaban J connectivity index is 1.64. The number of carbonyl (C=O) groups is 1. The van der Waals surface area contributed by atoms with Gasteiger partial charge in [0.05, 0.1) is 11.4 Å².